The third-order valence-corrected chi connectivity index (χ3v) is 6.98. The maximum Gasteiger partial charge on any atom is 0.257 e. The number of rotatable bonds is 4. The van der Waals surface area contributed by atoms with Crippen molar-refractivity contribution in [2.24, 2.45) is 5.41 Å². The molecule has 1 N–H and O–H groups in total. The smallest absolute Gasteiger partial charge is 0.257 e. The van der Waals surface area contributed by atoms with E-state index in [2.05, 4.69) is 42.3 Å². The molecule has 2 saturated heterocycles. The molecule has 0 aliphatic carbocycles. The molecule has 2 aliphatic rings. The van der Waals surface area contributed by atoms with Crippen LogP contribution in [0.1, 0.15) is 23.2 Å². The molecule has 2 aliphatic heterocycles. The number of fused-ring (bicyclic) bond motifs is 1. The van der Waals surface area contributed by atoms with Gasteiger partial charge in [-0.25, -0.2) is 9.97 Å². The molecule has 0 radical (unpaired) electrons. The lowest BCUT2D eigenvalue weighted by molar-refractivity contribution is 0.0900. The second-order valence-corrected chi connectivity index (χ2v) is 9.39. The van der Waals surface area contributed by atoms with Gasteiger partial charge in [-0.2, -0.15) is 0 Å². The normalized spacial score (nSPS) is 17.6. The van der Waals surface area contributed by atoms with Gasteiger partial charge in [0.1, 0.15) is 5.82 Å². The van der Waals surface area contributed by atoms with E-state index in [1.165, 1.54) is 19.2 Å². The van der Waals surface area contributed by atoms with Crippen LogP contribution in [0, 0.1) is 5.41 Å². The molecule has 9 heteroatoms. The van der Waals surface area contributed by atoms with E-state index >= 15 is 0 Å². The minimum absolute atomic E-state index is 0.238. The molecule has 1 spiro atoms. The van der Waals surface area contributed by atoms with Crippen molar-refractivity contribution in [3.63, 3.8) is 0 Å². The lowest BCUT2D eigenvalue weighted by Gasteiger charge is -2.54. The number of carbonyl (C=O) groups is 1. The van der Waals surface area contributed by atoms with Crippen LogP contribution in [0.4, 0.5) is 11.6 Å². The van der Waals surface area contributed by atoms with E-state index in [0.717, 1.165) is 48.5 Å². The Morgan fingerprint density at radius 1 is 1.09 bits per heavy atom. The fourth-order valence-electron chi connectivity index (χ4n) is 4.87. The van der Waals surface area contributed by atoms with E-state index in [1.54, 1.807) is 18.5 Å². The van der Waals surface area contributed by atoms with Crippen LogP contribution in [0.2, 0.25) is 0 Å². The molecule has 0 unspecified atom stereocenters. The molecular weight excluding hydrogens is 430 g/mol. The SMILES string of the molecule is CN1CCC2(CC1)CN(c1cc(C(=O)Nc3cc4cc(-c5cnco5)ccc4nn3)ccn1)C2. The Morgan fingerprint density at radius 3 is 2.74 bits per heavy atom. The van der Waals surface area contributed by atoms with Crippen molar-refractivity contribution in [3.05, 3.63) is 60.7 Å². The van der Waals surface area contributed by atoms with E-state index in [0.29, 0.717) is 22.6 Å². The van der Waals surface area contributed by atoms with Crippen molar-refractivity contribution >= 4 is 28.4 Å². The van der Waals surface area contributed by atoms with Gasteiger partial charge in [0.2, 0.25) is 0 Å². The predicted molar refractivity (Wildman–Crippen MR) is 129 cm³/mol. The van der Waals surface area contributed by atoms with Gasteiger partial charge in [0.15, 0.2) is 18.0 Å². The number of hydrogen-bond acceptors (Lipinski definition) is 8. The van der Waals surface area contributed by atoms with Gasteiger partial charge in [0, 0.05) is 41.2 Å². The number of carbonyl (C=O) groups excluding carboxylic acids is 1. The van der Waals surface area contributed by atoms with Crippen molar-refractivity contribution in [1.29, 1.82) is 0 Å². The number of benzene rings is 1. The number of aromatic nitrogens is 4. The number of hydrogen-bond donors (Lipinski definition) is 1. The fraction of sp³-hybridized carbons (Fsp3) is 0.320. The Balaban J connectivity index is 1.16. The quantitative estimate of drug-likeness (QED) is 0.499. The molecule has 9 nitrogen and oxygen atoms in total. The average molecular weight is 456 g/mol. The van der Waals surface area contributed by atoms with Crippen molar-refractivity contribution in [2.45, 2.75) is 12.8 Å². The first-order valence-electron chi connectivity index (χ1n) is 11.4. The summed E-state index contributed by atoms with van der Waals surface area (Å²) in [4.78, 5) is 26.1. The average Bonchev–Trinajstić information content (AvgIpc) is 3.38. The Hall–Kier alpha value is -3.85. The van der Waals surface area contributed by atoms with Crippen molar-refractivity contribution in [3.8, 4) is 11.3 Å². The molecule has 0 saturated carbocycles. The summed E-state index contributed by atoms with van der Waals surface area (Å²) in [6, 6.07) is 11.1. The molecule has 1 amide bonds. The van der Waals surface area contributed by atoms with E-state index in [9.17, 15) is 4.79 Å². The van der Waals surface area contributed by atoms with Crippen LogP contribution in [0.5, 0.6) is 0 Å². The lowest BCUT2D eigenvalue weighted by Crippen LogP contribution is -2.60. The molecule has 4 aromatic rings. The number of piperidine rings is 1. The maximum absolute atomic E-state index is 13.0. The third kappa shape index (κ3) is 3.88. The second-order valence-electron chi connectivity index (χ2n) is 9.39. The van der Waals surface area contributed by atoms with E-state index in [1.807, 2.05) is 30.3 Å². The molecule has 172 valence electrons. The number of likely N-dealkylation sites (tertiary alicyclic amines) is 1. The Bertz CT molecular complexity index is 1340. The van der Waals surface area contributed by atoms with Crippen LogP contribution in [0.25, 0.3) is 22.2 Å². The molecule has 34 heavy (non-hydrogen) atoms. The van der Waals surface area contributed by atoms with Crippen LogP contribution >= 0.6 is 0 Å². The summed E-state index contributed by atoms with van der Waals surface area (Å²) in [5.74, 6) is 1.66. The predicted octanol–water partition coefficient (Wildman–Crippen LogP) is 3.46. The molecule has 2 fully saturated rings. The summed E-state index contributed by atoms with van der Waals surface area (Å²) in [6.45, 7) is 4.30. The van der Waals surface area contributed by atoms with E-state index in [-0.39, 0.29) is 5.91 Å². The highest BCUT2D eigenvalue weighted by Crippen LogP contribution is 2.41. The highest BCUT2D eigenvalue weighted by atomic mass is 16.3. The van der Waals surface area contributed by atoms with Gasteiger partial charge >= 0.3 is 0 Å². The Labute approximate surface area is 196 Å². The Kier molecular flexibility index (Phi) is 4.99. The molecule has 6 rings (SSSR count). The zero-order valence-corrected chi connectivity index (χ0v) is 18.9. The lowest BCUT2D eigenvalue weighted by atomic mass is 9.72. The van der Waals surface area contributed by atoms with Gasteiger partial charge in [0.25, 0.3) is 5.91 Å². The fourth-order valence-corrected chi connectivity index (χ4v) is 4.87. The van der Waals surface area contributed by atoms with Crippen molar-refractivity contribution in [1.82, 2.24) is 25.1 Å². The van der Waals surface area contributed by atoms with Gasteiger partial charge in [0.05, 0.1) is 11.7 Å². The van der Waals surface area contributed by atoms with E-state index in [4.69, 9.17) is 4.42 Å². The minimum Gasteiger partial charge on any atom is -0.444 e. The number of nitrogens with zero attached hydrogens (tertiary/aromatic N) is 6. The van der Waals surface area contributed by atoms with Gasteiger partial charge in [-0.15, -0.1) is 10.2 Å². The number of pyridine rings is 1. The van der Waals surface area contributed by atoms with Crippen LogP contribution in [-0.4, -0.2) is 64.2 Å². The maximum atomic E-state index is 13.0. The molecule has 1 aromatic carbocycles. The summed E-state index contributed by atoms with van der Waals surface area (Å²) in [5, 5.41) is 12.1. The molecule has 0 atom stereocenters. The molecule has 5 heterocycles. The molecule has 0 bridgehead atoms. The summed E-state index contributed by atoms with van der Waals surface area (Å²) in [6.07, 6.45) is 7.19. The van der Waals surface area contributed by atoms with E-state index < -0.39 is 0 Å². The van der Waals surface area contributed by atoms with Gasteiger partial charge in [-0.3, -0.25) is 4.79 Å². The summed E-state index contributed by atoms with van der Waals surface area (Å²) in [7, 11) is 2.18. The monoisotopic (exact) mass is 455 g/mol. The second kappa shape index (κ2) is 8.18. The zero-order chi connectivity index (χ0) is 23.1. The Morgan fingerprint density at radius 2 is 1.94 bits per heavy atom. The van der Waals surface area contributed by atoms with Crippen LogP contribution in [0.15, 0.2) is 59.6 Å². The van der Waals surface area contributed by atoms with Crippen LogP contribution in [0.3, 0.4) is 0 Å². The largest absolute Gasteiger partial charge is 0.444 e. The van der Waals surface area contributed by atoms with Crippen molar-refractivity contribution in [2.75, 3.05) is 43.4 Å². The topological polar surface area (TPSA) is 100 Å². The zero-order valence-electron chi connectivity index (χ0n) is 18.9. The highest BCUT2D eigenvalue weighted by molar-refractivity contribution is 6.04. The number of oxazole rings is 1. The third-order valence-electron chi connectivity index (χ3n) is 6.98. The minimum atomic E-state index is -0.238. The number of amides is 1. The summed E-state index contributed by atoms with van der Waals surface area (Å²) in [5.41, 5.74) is 2.56. The summed E-state index contributed by atoms with van der Waals surface area (Å²) < 4.78 is 5.38. The molecular formula is C25H25N7O2. The van der Waals surface area contributed by atoms with Crippen LogP contribution < -0.4 is 10.2 Å². The highest BCUT2D eigenvalue weighted by Gasteiger charge is 2.44. The molecule has 3 aromatic heterocycles. The number of anilines is 2. The standard InChI is InChI=1S/C25H25N7O2/c1-31-8-5-25(6-9-31)14-32(15-25)23-12-18(4-7-27-23)24(33)28-22-11-19-10-17(21-13-26-16-34-21)2-3-20(19)29-30-22/h2-4,7,10-13,16H,5-6,8-9,14-15H2,1H3,(H,28,30,33). The summed E-state index contributed by atoms with van der Waals surface area (Å²) >= 11 is 0. The van der Waals surface area contributed by atoms with Gasteiger partial charge < -0.3 is 19.5 Å². The van der Waals surface area contributed by atoms with Crippen molar-refractivity contribution < 1.29 is 9.21 Å². The first-order valence-corrected chi connectivity index (χ1v) is 11.4. The first-order chi connectivity index (χ1) is 16.6. The van der Waals surface area contributed by atoms with Gasteiger partial charge in [-0.1, -0.05) is 0 Å². The van der Waals surface area contributed by atoms with Crippen LogP contribution in [-0.2, 0) is 0 Å². The first kappa shape index (κ1) is 20.7. The number of nitrogens with one attached hydrogen (secondary N) is 1. The van der Waals surface area contributed by atoms with Gasteiger partial charge in [-0.05, 0) is 69.4 Å².